The van der Waals surface area contributed by atoms with Crippen LogP contribution >= 0.6 is 11.3 Å². The van der Waals surface area contributed by atoms with Crippen molar-refractivity contribution in [3.63, 3.8) is 0 Å². The Morgan fingerprint density at radius 2 is 2.33 bits per heavy atom. The summed E-state index contributed by atoms with van der Waals surface area (Å²) in [6.07, 6.45) is 3.61. The zero-order valence-corrected chi connectivity index (χ0v) is 14.4. The van der Waals surface area contributed by atoms with Gasteiger partial charge in [-0.3, -0.25) is 4.90 Å². The topological polar surface area (TPSA) is 37.4 Å². The maximum atomic E-state index is 6.06. The molecule has 0 aliphatic carbocycles. The Morgan fingerprint density at radius 1 is 1.48 bits per heavy atom. The van der Waals surface area contributed by atoms with E-state index in [0.717, 1.165) is 44.1 Å². The zero-order chi connectivity index (χ0) is 15.1. The third-order valence-corrected chi connectivity index (χ3v) is 4.74. The number of morpholine rings is 1. The molecule has 1 aliphatic heterocycles. The highest BCUT2D eigenvalue weighted by Crippen LogP contribution is 2.16. The van der Waals surface area contributed by atoms with Gasteiger partial charge in [0.1, 0.15) is 0 Å². The van der Waals surface area contributed by atoms with E-state index >= 15 is 0 Å². The predicted octanol–water partition coefficient (Wildman–Crippen LogP) is 2.47. The molecule has 5 heteroatoms. The number of hydrogen-bond donors (Lipinski definition) is 1. The number of nitrogens with zero attached hydrogens (tertiary/aromatic N) is 2. The lowest BCUT2D eigenvalue weighted by molar-refractivity contribution is -0.0462. The Hall–Kier alpha value is -0.490. The molecular formula is C16H29N3OS. The average molecular weight is 311 g/mol. The van der Waals surface area contributed by atoms with E-state index in [2.05, 4.69) is 41.4 Å². The molecule has 1 saturated heterocycles. The number of thiazole rings is 1. The highest BCUT2D eigenvalue weighted by molar-refractivity contribution is 7.09. The molecule has 0 spiro atoms. The Bertz CT molecular complexity index is 408. The number of aryl methyl sites for hydroxylation is 1. The van der Waals surface area contributed by atoms with Crippen molar-refractivity contribution in [3.05, 3.63) is 16.1 Å². The quantitative estimate of drug-likeness (QED) is 0.800. The molecule has 4 nitrogen and oxygen atoms in total. The minimum absolute atomic E-state index is 0.277. The first-order valence-corrected chi connectivity index (χ1v) is 9.09. The molecule has 0 saturated carbocycles. The van der Waals surface area contributed by atoms with Gasteiger partial charge in [0, 0.05) is 30.9 Å². The van der Waals surface area contributed by atoms with Crippen LogP contribution in [-0.4, -0.2) is 54.8 Å². The molecule has 2 unspecified atom stereocenters. The van der Waals surface area contributed by atoms with E-state index < -0.39 is 0 Å². The summed E-state index contributed by atoms with van der Waals surface area (Å²) in [6.45, 7) is 11.7. The van der Waals surface area contributed by atoms with Gasteiger partial charge in [-0.15, -0.1) is 11.3 Å². The lowest BCUT2D eigenvalue weighted by atomic mass is 10.0. The Morgan fingerprint density at radius 3 is 3.00 bits per heavy atom. The fourth-order valence-electron chi connectivity index (χ4n) is 2.89. The highest BCUT2D eigenvalue weighted by Gasteiger charge is 2.28. The SMILES string of the molecule is CCCNC(Cc1csc(C)n1)C1CN(CCC)CCO1. The van der Waals surface area contributed by atoms with Gasteiger partial charge in [0.25, 0.3) is 0 Å². The summed E-state index contributed by atoms with van der Waals surface area (Å²) < 4.78 is 6.06. The van der Waals surface area contributed by atoms with Crippen molar-refractivity contribution >= 4 is 11.3 Å². The second-order valence-electron chi connectivity index (χ2n) is 5.83. The monoisotopic (exact) mass is 311 g/mol. The molecule has 0 bridgehead atoms. The average Bonchev–Trinajstić information content (AvgIpc) is 2.89. The summed E-state index contributed by atoms with van der Waals surface area (Å²) in [4.78, 5) is 7.15. The van der Waals surface area contributed by atoms with E-state index in [4.69, 9.17) is 4.74 Å². The summed E-state index contributed by atoms with van der Waals surface area (Å²) in [5.74, 6) is 0. The van der Waals surface area contributed by atoms with Crippen LogP contribution in [-0.2, 0) is 11.2 Å². The van der Waals surface area contributed by atoms with E-state index in [9.17, 15) is 0 Å². The van der Waals surface area contributed by atoms with E-state index in [-0.39, 0.29) is 6.10 Å². The van der Waals surface area contributed by atoms with Gasteiger partial charge in [-0.25, -0.2) is 4.98 Å². The maximum Gasteiger partial charge on any atom is 0.0897 e. The minimum Gasteiger partial charge on any atom is -0.374 e. The molecule has 1 N–H and O–H groups in total. The van der Waals surface area contributed by atoms with Crippen molar-refractivity contribution in [2.45, 2.75) is 52.2 Å². The minimum atomic E-state index is 0.277. The van der Waals surface area contributed by atoms with Crippen molar-refractivity contribution < 1.29 is 4.74 Å². The van der Waals surface area contributed by atoms with Gasteiger partial charge in [0.05, 0.1) is 23.4 Å². The van der Waals surface area contributed by atoms with Gasteiger partial charge in [0.15, 0.2) is 0 Å². The second kappa shape index (κ2) is 8.83. The number of ether oxygens (including phenoxy) is 1. The second-order valence-corrected chi connectivity index (χ2v) is 6.89. The van der Waals surface area contributed by atoms with Crippen LogP contribution in [0.15, 0.2) is 5.38 Å². The molecule has 120 valence electrons. The number of hydrogen-bond acceptors (Lipinski definition) is 5. The predicted molar refractivity (Wildman–Crippen MR) is 89.1 cm³/mol. The third kappa shape index (κ3) is 5.33. The first kappa shape index (κ1) is 16.9. The van der Waals surface area contributed by atoms with Crippen LogP contribution in [0.5, 0.6) is 0 Å². The van der Waals surface area contributed by atoms with Gasteiger partial charge < -0.3 is 10.1 Å². The van der Waals surface area contributed by atoms with Crippen molar-refractivity contribution in [3.8, 4) is 0 Å². The Labute approximate surface area is 132 Å². The summed E-state index contributed by atoms with van der Waals surface area (Å²) in [6, 6.07) is 0.367. The van der Waals surface area contributed by atoms with Crippen LogP contribution in [0.2, 0.25) is 0 Å². The number of aromatic nitrogens is 1. The summed E-state index contributed by atoms with van der Waals surface area (Å²) in [7, 11) is 0. The smallest absolute Gasteiger partial charge is 0.0897 e. The summed E-state index contributed by atoms with van der Waals surface area (Å²) >= 11 is 1.74. The van der Waals surface area contributed by atoms with Crippen molar-refractivity contribution in [2.75, 3.05) is 32.8 Å². The van der Waals surface area contributed by atoms with E-state index in [1.165, 1.54) is 18.7 Å². The normalized spacial score (nSPS) is 21.6. The lowest BCUT2D eigenvalue weighted by Crippen LogP contribution is -2.53. The van der Waals surface area contributed by atoms with Crippen LogP contribution in [0, 0.1) is 6.92 Å². The van der Waals surface area contributed by atoms with Crippen molar-refractivity contribution in [1.29, 1.82) is 0 Å². The molecule has 2 heterocycles. The van der Waals surface area contributed by atoms with Crippen LogP contribution in [0.25, 0.3) is 0 Å². The fourth-order valence-corrected chi connectivity index (χ4v) is 3.51. The van der Waals surface area contributed by atoms with Gasteiger partial charge in [-0.2, -0.15) is 0 Å². The summed E-state index contributed by atoms with van der Waals surface area (Å²) in [5.41, 5.74) is 1.20. The Kier molecular flexibility index (Phi) is 7.10. The van der Waals surface area contributed by atoms with E-state index in [1.807, 2.05) is 0 Å². The maximum absolute atomic E-state index is 6.06. The molecule has 2 rings (SSSR count). The molecule has 1 aliphatic rings. The molecule has 0 aromatic carbocycles. The van der Waals surface area contributed by atoms with Gasteiger partial charge in [-0.05, 0) is 32.9 Å². The highest BCUT2D eigenvalue weighted by atomic mass is 32.1. The first-order valence-electron chi connectivity index (χ1n) is 8.21. The van der Waals surface area contributed by atoms with Gasteiger partial charge in [0.2, 0.25) is 0 Å². The summed E-state index contributed by atoms with van der Waals surface area (Å²) in [5, 5.41) is 7.01. The molecule has 21 heavy (non-hydrogen) atoms. The van der Waals surface area contributed by atoms with Gasteiger partial charge >= 0.3 is 0 Å². The molecule has 0 amide bonds. The first-order chi connectivity index (χ1) is 10.2. The van der Waals surface area contributed by atoms with E-state index in [1.54, 1.807) is 11.3 Å². The molecule has 0 radical (unpaired) electrons. The largest absolute Gasteiger partial charge is 0.374 e. The lowest BCUT2D eigenvalue weighted by Gasteiger charge is -2.37. The van der Waals surface area contributed by atoms with Crippen LogP contribution in [0.3, 0.4) is 0 Å². The number of rotatable bonds is 8. The van der Waals surface area contributed by atoms with Crippen LogP contribution in [0.1, 0.15) is 37.4 Å². The van der Waals surface area contributed by atoms with Crippen molar-refractivity contribution in [2.24, 2.45) is 0 Å². The molecule has 1 aromatic heterocycles. The Balaban J connectivity index is 1.96. The third-order valence-electron chi connectivity index (χ3n) is 3.92. The van der Waals surface area contributed by atoms with Crippen LogP contribution < -0.4 is 5.32 Å². The number of nitrogens with one attached hydrogen (secondary N) is 1. The van der Waals surface area contributed by atoms with Crippen molar-refractivity contribution in [1.82, 2.24) is 15.2 Å². The fraction of sp³-hybridized carbons (Fsp3) is 0.812. The zero-order valence-electron chi connectivity index (χ0n) is 13.6. The standard InChI is InChI=1S/C16H29N3OS/c1-4-6-17-15(10-14-12-21-13(3)18-14)16-11-19(7-5-2)8-9-20-16/h12,15-17H,4-11H2,1-3H3. The molecular weight excluding hydrogens is 282 g/mol. The molecule has 1 fully saturated rings. The molecule has 2 atom stereocenters. The van der Waals surface area contributed by atoms with Crippen LogP contribution in [0.4, 0.5) is 0 Å². The van der Waals surface area contributed by atoms with E-state index in [0.29, 0.717) is 6.04 Å². The molecule has 1 aromatic rings. The van der Waals surface area contributed by atoms with Gasteiger partial charge in [-0.1, -0.05) is 13.8 Å².